The van der Waals surface area contributed by atoms with Gasteiger partial charge < -0.3 is 10.4 Å². The van der Waals surface area contributed by atoms with E-state index in [1.165, 1.54) is 17.5 Å². The van der Waals surface area contributed by atoms with Crippen molar-refractivity contribution in [3.8, 4) is 5.75 Å². The van der Waals surface area contributed by atoms with Gasteiger partial charge in [0.25, 0.3) is 0 Å². The number of phenolic OH excluding ortho intramolecular Hbond substituents is 1. The summed E-state index contributed by atoms with van der Waals surface area (Å²) in [6, 6.07) is 6.19. The van der Waals surface area contributed by atoms with E-state index in [2.05, 4.69) is 46.0 Å². The third kappa shape index (κ3) is 3.99. The first-order valence-corrected chi connectivity index (χ1v) is 7.76. The van der Waals surface area contributed by atoms with Gasteiger partial charge in [0.15, 0.2) is 0 Å². The molecule has 0 radical (unpaired) electrons. The highest BCUT2D eigenvalue weighted by Crippen LogP contribution is 2.35. The van der Waals surface area contributed by atoms with E-state index in [0.29, 0.717) is 17.2 Å². The first-order chi connectivity index (χ1) is 9.16. The molecule has 2 nitrogen and oxygen atoms in total. The van der Waals surface area contributed by atoms with Crippen molar-refractivity contribution >= 4 is 0 Å². The molecule has 0 saturated carbocycles. The SMILES string of the molecule is CC(C)(C)CC(C)(C)NC1CCCc2ccc(O)cc21. The van der Waals surface area contributed by atoms with Gasteiger partial charge in [0, 0.05) is 11.6 Å². The van der Waals surface area contributed by atoms with Gasteiger partial charge in [0.1, 0.15) is 5.75 Å². The summed E-state index contributed by atoms with van der Waals surface area (Å²) in [6.45, 7) is 11.4. The predicted molar refractivity (Wildman–Crippen MR) is 85.1 cm³/mol. The van der Waals surface area contributed by atoms with Gasteiger partial charge in [-0.25, -0.2) is 0 Å². The number of fused-ring (bicyclic) bond motifs is 1. The maximum Gasteiger partial charge on any atom is 0.115 e. The molecule has 0 heterocycles. The van der Waals surface area contributed by atoms with Gasteiger partial charge in [-0.1, -0.05) is 26.8 Å². The molecule has 0 aromatic heterocycles. The fourth-order valence-corrected chi connectivity index (χ4v) is 3.78. The molecule has 0 spiro atoms. The Morgan fingerprint density at radius 3 is 2.55 bits per heavy atom. The van der Waals surface area contributed by atoms with Crippen molar-refractivity contribution in [3.05, 3.63) is 29.3 Å². The molecule has 2 rings (SSSR count). The smallest absolute Gasteiger partial charge is 0.115 e. The minimum atomic E-state index is 0.100. The van der Waals surface area contributed by atoms with Crippen LogP contribution in [0.5, 0.6) is 5.75 Å². The number of benzene rings is 1. The second-order valence-electron chi connectivity index (χ2n) is 8.09. The monoisotopic (exact) mass is 275 g/mol. The molecule has 0 saturated heterocycles. The van der Waals surface area contributed by atoms with Crippen LogP contribution >= 0.6 is 0 Å². The van der Waals surface area contributed by atoms with E-state index >= 15 is 0 Å². The molecule has 2 N–H and O–H groups in total. The van der Waals surface area contributed by atoms with Gasteiger partial charge in [-0.05, 0) is 68.2 Å². The van der Waals surface area contributed by atoms with Gasteiger partial charge in [-0.15, -0.1) is 0 Å². The summed E-state index contributed by atoms with van der Waals surface area (Å²) in [5.41, 5.74) is 3.09. The van der Waals surface area contributed by atoms with Gasteiger partial charge in [-0.3, -0.25) is 0 Å². The summed E-state index contributed by atoms with van der Waals surface area (Å²) >= 11 is 0. The molecule has 0 amide bonds. The summed E-state index contributed by atoms with van der Waals surface area (Å²) in [5.74, 6) is 0.381. The number of aromatic hydroxyl groups is 1. The van der Waals surface area contributed by atoms with E-state index in [1.807, 2.05) is 12.1 Å². The van der Waals surface area contributed by atoms with E-state index in [9.17, 15) is 5.11 Å². The lowest BCUT2D eigenvalue weighted by atomic mass is 9.79. The normalized spacial score (nSPS) is 19.8. The highest BCUT2D eigenvalue weighted by molar-refractivity contribution is 5.38. The van der Waals surface area contributed by atoms with Crippen molar-refractivity contribution in [1.29, 1.82) is 0 Å². The van der Waals surface area contributed by atoms with Crippen LogP contribution in [0, 0.1) is 5.41 Å². The maximum atomic E-state index is 9.76. The first-order valence-electron chi connectivity index (χ1n) is 7.76. The third-order valence-corrected chi connectivity index (χ3v) is 3.98. The number of rotatable bonds is 3. The standard InChI is InChI=1S/C18H29NO/c1-17(2,3)12-18(4,5)19-16-8-6-7-13-9-10-14(20)11-15(13)16/h9-11,16,19-20H,6-8,12H2,1-5H3. The zero-order valence-corrected chi connectivity index (χ0v) is 13.6. The minimum Gasteiger partial charge on any atom is -0.508 e. The summed E-state index contributed by atoms with van der Waals surface area (Å²) in [7, 11) is 0. The van der Waals surface area contributed by atoms with Crippen molar-refractivity contribution < 1.29 is 5.11 Å². The zero-order valence-electron chi connectivity index (χ0n) is 13.6. The lowest BCUT2D eigenvalue weighted by Gasteiger charge is -2.39. The summed E-state index contributed by atoms with van der Waals surface area (Å²) < 4.78 is 0. The molecule has 1 aromatic rings. The minimum absolute atomic E-state index is 0.100. The molecule has 1 unspecified atom stereocenters. The van der Waals surface area contributed by atoms with E-state index < -0.39 is 0 Å². The fraction of sp³-hybridized carbons (Fsp3) is 0.667. The van der Waals surface area contributed by atoms with Crippen LogP contribution in [0.3, 0.4) is 0 Å². The van der Waals surface area contributed by atoms with Crippen LogP contribution in [0.1, 0.15) is 71.0 Å². The summed E-state index contributed by atoms with van der Waals surface area (Å²) in [6.07, 6.45) is 4.64. The number of phenols is 1. The molecule has 0 bridgehead atoms. The molecule has 112 valence electrons. The van der Waals surface area contributed by atoms with E-state index in [4.69, 9.17) is 0 Å². The molecular formula is C18H29NO. The average Bonchev–Trinajstić information content (AvgIpc) is 2.26. The van der Waals surface area contributed by atoms with Crippen molar-refractivity contribution in [2.45, 2.75) is 71.9 Å². The van der Waals surface area contributed by atoms with Gasteiger partial charge >= 0.3 is 0 Å². The van der Waals surface area contributed by atoms with E-state index in [0.717, 1.165) is 19.3 Å². The van der Waals surface area contributed by atoms with Crippen LogP contribution in [-0.4, -0.2) is 10.6 Å². The molecule has 2 heteroatoms. The second kappa shape index (κ2) is 5.40. The van der Waals surface area contributed by atoms with Crippen molar-refractivity contribution in [2.75, 3.05) is 0 Å². The fourth-order valence-electron chi connectivity index (χ4n) is 3.78. The maximum absolute atomic E-state index is 9.76. The molecular weight excluding hydrogens is 246 g/mol. The first kappa shape index (κ1) is 15.4. The molecule has 0 fully saturated rings. The van der Waals surface area contributed by atoms with Crippen molar-refractivity contribution in [2.24, 2.45) is 5.41 Å². The Balaban J connectivity index is 2.17. The number of hydrogen-bond acceptors (Lipinski definition) is 2. The Bertz CT molecular complexity index is 471. The molecule has 1 aromatic carbocycles. The number of nitrogens with one attached hydrogen (secondary N) is 1. The van der Waals surface area contributed by atoms with Crippen molar-refractivity contribution in [1.82, 2.24) is 5.32 Å². The van der Waals surface area contributed by atoms with Crippen LogP contribution in [0.15, 0.2) is 18.2 Å². The van der Waals surface area contributed by atoms with Crippen LogP contribution in [-0.2, 0) is 6.42 Å². The van der Waals surface area contributed by atoms with Crippen molar-refractivity contribution in [3.63, 3.8) is 0 Å². The predicted octanol–water partition coefficient (Wildman–Crippen LogP) is 4.57. The summed E-state index contributed by atoms with van der Waals surface area (Å²) in [5, 5.41) is 13.6. The van der Waals surface area contributed by atoms with Crippen LogP contribution in [0.4, 0.5) is 0 Å². The Labute approximate surface area is 123 Å². The largest absolute Gasteiger partial charge is 0.508 e. The van der Waals surface area contributed by atoms with Gasteiger partial charge in [0.05, 0.1) is 0 Å². The molecule has 20 heavy (non-hydrogen) atoms. The topological polar surface area (TPSA) is 32.3 Å². The molecule has 1 aliphatic carbocycles. The van der Waals surface area contributed by atoms with E-state index in [1.54, 1.807) is 0 Å². The van der Waals surface area contributed by atoms with E-state index in [-0.39, 0.29) is 5.54 Å². The lowest BCUT2D eigenvalue weighted by molar-refractivity contribution is 0.215. The number of hydrogen-bond donors (Lipinski definition) is 2. The van der Waals surface area contributed by atoms with Crippen LogP contribution < -0.4 is 5.32 Å². The van der Waals surface area contributed by atoms with Gasteiger partial charge in [-0.2, -0.15) is 0 Å². The van der Waals surface area contributed by atoms with Gasteiger partial charge in [0.2, 0.25) is 0 Å². The summed E-state index contributed by atoms with van der Waals surface area (Å²) in [4.78, 5) is 0. The Morgan fingerprint density at radius 2 is 1.90 bits per heavy atom. The van der Waals surface area contributed by atoms with Crippen LogP contribution in [0.2, 0.25) is 0 Å². The Hall–Kier alpha value is -1.02. The average molecular weight is 275 g/mol. The third-order valence-electron chi connectivity index (χ3n) is 3.98. The highest BCUT2D eigenvalue weighted by atomic mass is 16.3. The molecule has 0 aliphatic heterocycles. The lowest BCUT2D eigenvalue weighted by Crippen LogP contribution is -2.45. The molecule has 1 atom stereocenters. The second-order valence-corrected chi connectivity index (χ2v) is 8.09. The Kier molecular flexibility index (Phi) is 4.15. The number of aryl methyl sites for hydroxylation is 1. The zero-order chi connectivity index (χ0) is 15.0. The quantitative estimate of drug-likeness (QED) is 0.846. The van der Waals surface area contributed by atoms with Crippen LogP contribution in [0.25, 0.3) is 0 Å². The Morgan fingerprint density at radius 1 is 1.20 bits per heavy atom. The molecule has 1 aliphatic rings. The highest BCUT2D eigenvalue weighted by Gasteiger charge is 2.30.